The molecule has 2 rings (SSSR count). The van der Waals surface area contributed by atoms with Crippen molar-refractivity contribution in [2.45, 2.75) is 44.7 Å². The Morgan fingerprint density at radius 3 is 2.70 bits per heavy atom. The number of aliphatic hydroxyl groups is 1. The average Bonchev–Trinajstić information content (AvgIpc) is 2.63. The minimum atomic E-state index is -2.93. The summed E-state index contributed by atoms with van der Waals surface area (Å²) in [5.41, 5.74) is 1.37. The molecule has 9 nitrogen and oxygen atoms in total. The number of nitrogens with zero attached hydrogens (tertiary/aromatic N) is 3. The molecule has 0 radical (unpaired) electrons. The van der Waals surface area contributed by atoms with Crippen molar-refractivity contribution in [1.29, 1.82) is 0 Å². The number of amides is 1. The first kappa shape index (κ1) is 24.0. The van der Waals surface area contributed by atoms with Gasteiger partial charge in [-0.25, -0.2) is 14.0 Å². The molecule has 0 aliphatic rings. The van der Waals surface area contributed by atoms with Gasteiger partial charge in [-0.05, 0) is 67.4 Å². The molecular formula is C19H26BrN5O4S. The number of rotatable bonds is 7. The quantitative estimate of drug-likeness (QED) is 0.519. The van der Waals surface area contributed by atoms with Crippen LogP contribution in [0.15, 0.2) is 38.1 Å². The maximum Gasteiger partial charge on any atom is 0.442 e. The molecule has 1 aromatic carbocycles. The smallest absolute Gasteiger partial charge is 0.442 e. The highest BCUT2D eigenvalue weighted by atomic mass is 79.9. The van der Waals surface area contributed by atoms with Gasteiger partial charge < -0.3 is 20.5 Å². The van der Waals surface area contributed by atoms with Crippen molar-refractivity contribution < 1.29 is 18.8 Å². The summed E-state index contributed by atoms with van der Waals surface area (Å²) in [6.07, 6.45) is 1.60. The fraction of sp³-hybridized carbons (Fsp3) is 0.421. The number of nitrogens with one attached hydrogen (secondary N) is 2. The monoisotopic (exact) mass is 499 g/mol. The van der Waals surface area contributed by atoms with Crippen LogP contribution in [0.3, 0.4) is 0 Å². The third-order valence-electron chi connectivity index (χ3n) is 4.19. The van der Waals surface area contributed by atoms with Crippen molar-refractivity contribution >= 4 is 49.2 Å². The number of aryl methyl sites for hydroxylation is 1. The van der Waals surface area contributed by atoms with E-state index in [0.717, 1.165) is 0 Å². The molecule has 0 fully saturated rings. The second kappa shape index (κ2) is 10.2. The number of hydrogen-bond acceptors (Lipinski definition) is 8. The molecular weight excluding hydrogens is 474 g/mol. The van der Waals surface area contributed by atoms with Gasteiger partial charge in [-0.1, -0.05) is 0 Å². The third-order valence-corrected chi connectivity index (χ3v) is 6.54. The molecule has 30 heavy (non-hydrogen) atoms. The first-order valence-corrected chi connectivity index (χ1v) is 12.0. The zero-order valence-corrected chi connectivity index (χ0v) is 19.9. The van der Waals surface area contributed by atoms with Gasteiger partial charge in [0.2, 0.25) is 5.95 Å². The summed E-state index contributed by atoms with van der Waals surface area (Å²) in [7, 11) is -2.93. The van der Waals surface area contributed by atoms with Gasteiger partial charge in [0.15, 0.2) is 0 Å². The Kier molecular flexibility index (Phi) is 8.16. The second-order valence-corrected chi connectivity index (χ2v) is 9.84. The van der Waals surface area contributed by atoms with Gasteiger partial charge in [0.1, 0.15) is 5.82 Å². The zero-order chi connectivity index (χ0) is 22.5. The third kappa shape index (κ3) is 6.38. The number of carbonyl (C=O) groups excluding carboxylic acids is 1. The molecule has 0 saturated heterocycles. The number of benzene rings is 1. The number of anilines is 3. The number of ether oxygens (including phenoxy) is 1. The summed E-state index contributed by atoms with van der Waals surface area (Å²) < 4.78 is 22.0. The summed E-state index contributed by atoms with van der Waals surface area (Å²) in [6.45, 7) is 7.14. The largest absolute Gasteiger partial charge is 0.448 e. The molecule has 0 bridgehead atoms. The lowest BCUT2D eigenvalue weighted by Gasteiger charge is -2.18. The Morgan fingerprint density at radius 2 is 2.10 bits per heavy atom. The minimum Gasteiger partial charge on any atom is -0.448 e. The molecule has 1 aromatic heterocycles. The van der Waals surface area contributed by atoms with Crippen molar-refractivity contribution in [3.63, 3.8) is 0 Å². The number of aromatic nitrogens is 2. The van der Waals surface area contributed by atoms with Crippen LogP contribution in [0.5, 0.6) is 0 Å². The Balaban J connectivity index is 2.26. The van der Waals surface area contributed by atoms with E-state index in [0.29, 0.717) is 32.4 Å². The minimum absolute atomic E-state index is 0.166. The maximum absolute atomic E-state index is 12.9. The van der Waals surface area contributed by atoms with E-state index in [4.69, 9.17) is 4.74 Å². The summed E-state index contributed by atoms with van der Waals surface area (Å²) in [5.74, 6) is 0.887. The Labute approximate surface area is 185 Å². The van der Waals surface area contributed by atoms with Crippen LogP contribution in [-0.4, -0.2) is 50.4 Å². The van der Waals surface area contributed by atoms with Crippen molar-refractivity contribution in [2.75, 3.05) is 23.5 Å². The Bertz CT molecular complexity index is 1040. The second-order valence-electron chi connectivity index (χ2n) is 6.76. The molecule has 0 aliphatic heterocycles. The van der Waals surface area contributed by atoms with Gasteiger partial charge in [-0.3, -0.25) is 0 Å². The van der Waals surface area contributed by atoms with Crippen molar-refractivity contribution in [3.05, 3.63) is 34.4 Å². The molecule has 1 heterocycles. The summed E-state index contributed by atoms with van der Waals surface area (Å²) >= 11 is 3.39. The van der Waals surface area contributed by atoms with Crippen LogP contribution in [0.1, 0.15) is 26.3 Å². The predicted molar refractivity (Wildman–Crippen MR) is 121 cm³/mol. The number of halogens is 1. The lowest BCUT2D eigenvalue weighted by atomic mass is 10.2. The molecule has 3 atom stereocenters. The predicted octanol–water partition coefficient (Wildman–Crippen LogP) is 4.09. The topological polar surface area (TPSA) is 126 Å². The normalized spacial score (nSPS) is 14.9. The highest BCUT2D eigenvalue weighted by Gasteiger charge is 2.15. The van der Waals surface area contributed by atoms with Crippen molar-refractivity contribution in [3.8, 4) is 0 Å². The van der Waals surface area contributed by atoms with Crippen LogP contribution in [-0.2, 0) is 14.5 Å². The molecule has 0 aliphatic carbocycles. The lowest BCUT2D eigenvalue weighted by molar-refractivity contribution is 0.164. The Morgan fingerprint density at radius 1 is 1.40 bits per heavy atom. The maximum atomic E-state index is 12.9. The van der Waals surface area contributed by atoms with Crippen molar-refractivity contribution in [1.82, 2.24) is 9.97 Å². The molecule has 0 spiro atoms. The molecule has 164 valence electrons. The van der Waals surface area contributed by atoms with Gasteiger partial charge in [0, 0.05) is 18.1 Å². The number of hydrogen-bond donors (Lipinski definition) is 3. The molecule has 1 amide bonds. The Hall–Kier alpha value is -2.24. The van der Waals surface area contributed by atoms with Gasteiger partial charge in [-0.15, -0.1) is 4.36 Å². The molecule has 2 aromatic rings. The summed E-state index contributed by atoms with van der Waals surface area (Å²) in [6, 6.07) is 4.93. The average molecular weight is 500 g/mol. The van der Waals surface area contributed by atoms with Gasteiger partial charge in [0.25, 0.3) is 0 Å². The number of carbonyl (C=O) groups is 1. The molecule has 11 heteroatoms. The first-order chi connectivity index (χ1) is 14.0. The first-order valence-electron chi connectivity index (χ1n) is 9.27. The van der Waals surface area contributed by atoms with E-state index in [-0.39, 0.29) is 12.6 Å². The molecule has 0 saturated carbocycles. The fourth-order valence-electron chi connectivity index (χ4n) is 2.49. The van der Waals surface area contributed by atoms with E-state index in [2.05, 4.69) is 40.9 Å². The van der Waals surface area contributed by atoms with Crippen LogP contribution in [0.25, 0.3) is 0 Å². The summed E-state index contributed by atoms with van der Waals surface area (Å²) in [4.78, 5) is 20.7. The molecule has 1 unspecified atom stereocenters. The van der Waals surface area contributed by atoms with Gasteiger partial charge >= 0.3 is 6.09 Å². The van der Waals surface area contributed by atoms with E-state index in [1.165, 1.54) is 6.26 Å². The SMILES string of the molecule is CCOC(=O)N=S(C)(=O)c1ccc(Nc2ncc(Br)c(N[C@H](C)[C@@H](C)O)n2)cc1C. The standard InChI is InChI=1S/C19H26BrN5O4S/c1-6-29-19(27)25-30(5,28)16-8-7-14(9-11(16)2)23-18-21-10-15(20)17(24-18)22-12(3)13(4)26/h7-10,12-13,26H,6H2,1-5H3,(H2,21,22,23,24)/t12-,13-,30?/m1/s1. The van der Waals surface area contributed by atoms with E-state index in [1.807, 2.05) is 6.92 Å². The zero-order valence-electron chi connectivity index (χ0n) is 17.5. The highest BCUT2D eigenvalue weighted by Crippen LogP contribution is 2.25. The summed E-state index contributed by atoms with van der Waals surface area (Å²) in [5, 5.41) is 15.9. The van der Waals surface area contributed by atoms with Crippen LogP contribution >= 0.6 is 15.9 Å². The number of aliphatic hydroxyl groups excluding tert-OH is 1. The van der Waals surface area contributed by atoms with Gasteiger partial charge in [0.05, 0.1) is 37.8 Å². The van der Waals surface area contributed by atoms with E-state index < -0.39 is 21.9 Å². The lowest BCUT2D eigenvalue weighted by Crippen LogP contribution is -2.28. The van der Waals surface area contributed by atoms with Crippen molar-refractivity contribution in [2.24, 2.45) is 4.36 Å². The highest BCUT2D eigenvalue weighted by molar-refractivity contribution is 9.10. The van der Waals surface area contributed by atoms with Crippen LogP contribution in [0.4, 0.5) is 22.2 Å². The van der Waals surface area contributed by atoms with E-state index in [1.54, 1.807) is 45.2 Å². The van der Waals surface area contributed by atoms with Crippen LogP contribution < -0.4 is 10.6 Å². The fourth-order valence-corrected chi connectivity index (χ4v) is 4.21. The van der Waals surface area contributed by atoms with Crippen LogP contribution in [0.2, 0.25) is 0 Å². The van der Waals surface area contributed by atoms with E-state index in [9.17, 15) is 14.1 Å². The van der Waals surface area contributed by atoms with Crippen LogP contribution in [0, 0.1) is 6.92 Å². The van der Waals surface area contributed by atoms with Gasteiger partial charge in [-0.2, -0.15) is 4.98 Å². The molecule has 3 N–H and O–H groups in total. The van der Waals surface area contributed by atoms with E-state index >= 15 is 0 Å².